The Morgan fingerprint density at radius 3 is 2.24 bits per heavy atom. The third-order valence-corrected chi connectivity index (χ3v) is 4.30. The van der Waals surface area contributed by atoms with E-state index in [0.717, 1.165) is 0 Å². The summed E-state index contributed by atoms with van der Waals surface area (Å²) in [7, 11) is 0.0919. The van der Waals surface area contributed by atoms with Crippen LogP contribution in [-0.2, 0) is 20.5 Å². The molecule has 0 amide bonds. The Balaban J connectivity index is 2.28. The number of rotatable bonds is 7. The van der Waals surface area contributed by atoms with Gasteiger partial charge in [0.25, 0.3) is 0 Å². The van der Waals surface area contributed by atoms with Gasteiger partial charge in [0.2, 0.25) is 27.7 Å². The molecule has 0 saturated carbocycles. The van der Waals surface area contributed by atoms with Crippen LogP contribution in [0, 0.1) is 0 Å². The van der Waals surface area contributed by atoms with E-state index in [1.807, 2.05) is 0 Å². The van der Waals surface area contributed by atoms with E-state index < -0.39 is 21.7 Å². The summed E-state index contributed by atoms with van der Waals surface area (Å²) in [6, 6.07) is 7.67. The first-order chi connectivity index (χ1) is 11.9. The molecule has 0 bridgehead atoms. The number of benzene rings is 1. The first kappa shape index (κ1) is 18.5. The number of hydrogen-bond acceptors (Lipinski definition) is 8. The topological polar surface area (TPSA) is 117 Å². The molecule has 25 heavy (non-hydrogen) atoms. The highest BCUT2D eigenvalue weighted by atomic mass is 32.2. The summed E-state index contributed by atoms with van der Waals surface area (Å²) >= 11 is 0. The lowest BCUT2D eigenvalue weighted by Gasteiger charge is -2.11. The average molecular weight is 367 g/mol. The molecule has 2 rings (SSSR count). The van der Waals surface area contributed by atoms with Crippen molar-refractivity contribution in [1.82, 2.24) is 9.97 Å². The van der Waals surface area contributed by atoms with Crippen LogP contribution in [0.4, 0.5) is 5.95 Å². The van der Waals surface area contributed by atoms with Crippen LogP contribution in [-0.4, -0.2) is 45.7 Å². The van der Waals surface area contributed by atoms with E-state index in [1.54, 1.807) is 12.1 Å². The standard InChI is InChI=1S/C15H17N3O6S/c1-22-12-8-13(23-2)17-15(16-12)18-25(20,21)9-10-6-4-5-7-11(10)14(19)24-3/h4-8H,9H2,1-3H3,(H,16,17,18). The Hall–Kier alpha value is -2.88. The van der Waals surface area contributed by atoms with Gasteiger partial charge in [0.15, 0.2) is 0 Å². The van der Waals surface area contributed by atoms with Crippen molar-refractivity contribution >= 4 is 21.9 Å². The van der Waals surface area contributed by atoms with Crippen molar-refractivity contribution in [2.45, 2.75) is 5.75 Å². The molecule has 0 saturated heterocycles. The molecule has 0 fully saturated rings. The van der Waals surface area contributed by atoms with E-state index in [0.29, 0.717) is 0 Å². The zero-order valence-corrected chi connectivity index (χ0v) is 14.7. The number of nitrogens with one attached hydrogen (secondary N) is 1. The van der Waals surface area contributed by atoms with Crippen LogP contribution in [0.3, 0.4) is 0 Å². The number of nitrogens with zero attached hydrogens (tertiary/aromatic N) is 2. The van der Waals surface area contributed by atoms with Gasteiger partial charge in [-0.3, -0.25) is 4.72 Å². The molecule has 1 heterocycles. The zero-order valence-electron chi connectivity index (χ0n) is 13.8. The summed E-state index contributed by atoms with van der Waals surface area (Å²) in [5, 5.41) is 0. The van der Waals surface area contributed by atoms with Gasteiger partial charge in [-0.2, -0.15) is 9.97 Å². The molecule has 134 valence electrons. The average Bonchev–Trinajstić information content (AvgIpc) is 2.60. The van der Waals surface area contributed by atoms with Crippen molar-refractivity contribution in [2.24, 2.45) is 0 Å². The lowest BCUT2D eigenvalue weighted by molar-refractivity contribution is 0.0600. The molecular weight excluding hydrogens is 350 g/mol. The van der Waals surface area contributed by atoms with Crippen molar-refractivity contribution in [3.63, 3.8) is 0 Å². The lowest BCUT2D eigenvalue weighted by Crippen LogP contribution is -2.19. The van der Waals surface area contributed by atoms with Gasteiger partial charge >= 0.3 is 5.97 Å². The van der Waals surface area contributed by atoms with Crippen molar-refractivity contribution in [3.05, 3.63) is 41.5 Å². The van der Waals surface area contributed by atoms with Crippen molar-refractivity contribution in [3.8, 4) is 11.8 Å². The second-order valence-corrected chi connectivity index (χ2v) is 6.51. The van der Waals surface area contributed by atoms with Gasteiger partial charge in [-0.05, 0) is 11.6 Å². The third-order valence-electron chi connectivity index (χ3n) is 3.11. The minimum Gasteiger partial charge on any atom is -0.481 e. The number of carbonyl (C=O) groups excluding carboxylic acids is 1. The van der Waals surface area contributed by atoms with Gasteiger partial charge in [-0.1, -0.05) is 18.2 Å². The first-order valence-corrected chi connectivity index (χ1v) is 8.67. The summed E-state index contributed by atoms with van der Waals surface area (Å²) < 4.78 is 41.6. The number of anilines is 1. The van der Waals surface area contributed by atoms with Gasteiger partial charge in [0.05, 0.1) is 38.7 Å². The highest BCUT2D eigenvalue weighted by molar-refractivity contribution is 7.91. The summed E-state index contributed by atoms with van der Waals surface area (Å²) in [5.41, 5.74) is 0.455. The molecule has 0 spiro atoms. The number of carbonyl (C=O) groups is 1. The van der Waals surface area contributed by atoms with Gasteiger partial charge in [0, 0.05) is 0 Å². The van der Waals surface area contributed by atoms with E-state index in [4.69, 9.17) is 9.47 Å². The monoisotopic (exact) mass is 367 g/mol. The highest BCUT2D eigenvalue weighted by Crippen LogP contribution is 2.20. The molecule has 1 aromatic carbocycles. The maximum atomic E-state index is 12.4. The maximum Gasteiger partial charge on any atom is 0.338 e. The summed E-state index contributed by atoms with van der Waals surface area (Å²) in [5.74, 6) is -1.00. The second-order valence-electron chi connectivity index (χ2n) is 4.79. The fourth-order valence-corrected chi connectivity index (χ4v) is 3.10. The zero-order chi connectivity index (χ0) is 18.4. The molecule has 10 heteroatoms. The molecule has 0 aliphatic heterocycles. The summed E-state index contributed by atoms with van der Waals surface area (Å²) in [6.45, 7) is 0. The molecule has 0 aliphatic carbocycles. The van der Waals surface area contributed by atoms with Crippen LogP contribution in [0.1, 0.15) is 15.9 Å². The number of sulfonamides is 1. The quantitative estimate of drug-likeness (QED) is 0.726. The van der Waals surface area contributed by atoms with Crippen LogP contribution >= 0.6 is 0 Å². The van der Waals surface area contributed by atoms with Gasteiger partial charge in [-0.25, -0.2) is 13.2 Å². The van der Waals surface area contributed by atoms with Gasteiger partial charge in [-0.15, -0.1) is 0 Å². The highest BCUT2D eigenvalue weighted by Gasteiger charge is 2.20. The van der Waals surface area contributed by atoms with E-state index >= 15 is 0 Å². The molecular formula is C15H17N3O6S. The number of methoxy groups -OCH3 is 3. The molecule has 1 aromatic heterocycles. The Morgan fingerprint density at radius 1 is 1.08 bits per heavy atom. The predicted molar refractivity (Wildman–Crippen MR) is 89.2 cm³/mol. The molecule has 0 unspecified atom stereocenters. The number of ether oxygens (including phenoxy) is 3. The van der Waals surface area contributed by atoms with Crippen LogP contribution in [0.5, 0.6) is 11.8 Å². The second kappa shape index (κ2) is 7.79. The van der Waals surface area contributed by atoms with Crippen molar-refractivity contribution in [1.29, 1.82) is 0 Å². The van der Waals surface area contributed by atoms with Crippen LogP contribution < -0.4 is 14.2 Å². The van der Waals surface area contributed by atoms with Gasteiger partial charge < -0.3 is 14.2 Å². The summed E-state index contributed by atoms with van der Waals surface area (Å²) in [6.07, 6.45) is 0. The molecule has 0 atom stereocenters. The van der Waals surface area contributed by atoms with Crippen molar-refractivity contribution < 1.29 is 27.4 Å². The van der Waals surface area contributed by atoms with E-state index in [2.05, 4.69) is 19.4 Å². The Kier molecular flexibility index (Phi) is 5.75. The molecule has 1 N–H and O–H groups in total. The fourth-order valence-electron chi connectivity index (χ4n) is 1.99. The number of esters is 1. The normalized spacial score (nSPS) is 10.8. The Morgan fingerprint density at radius 2 is 1.68 bits per heavy atom. The Labute approximate surface area is 145 Å². The molecule has 0 radical (unpaired) electrons. The molecule has 2 aromatic rings. The predicted octanol–water partition coefficient (Wildman–Crippen LogP) is 1.22. The number of aromatic nitrogens is 2. The SMILES string of the molecule is COC(=O)c1ccccc1CS(=O)(=O)Nc1nc(OC)cc(OC)n1. The van der Waals surface area contributed by atoms with E-state index in [9.17, 15) is 13.2 Å². The summed E-state index contributed by atoms with van der Waals surface area (Å²) in [4.78, 5) is 19.6. The smallest absolute Gasteiger partial charge is 0.338 e. The number of hydrogen-bond donors (Lipinski definition) is 1. The van der Waals surface area contributed by atoms with E-state index in [-0.39, 0.29) is 28.8 Å². The van der Waals surface area contributed by atoms with Crippen LogP contribution in [0.15, 0.2) is 30.3 Å². The minimum atomic E-state index is -3.90. The minimum absolute atomic E-state index is 0.138. The third kappa shape index (κ3) is 4.80. The Bertz CT molecular complexity index is 847. The van der Waals surface area contributed by atoms with Crippen molar-refractivity contribution in [2.75, 3.05) is 26.1 Å². The van der Waals surface area contributed by atoms with E-state index in [1.165, 1.54) is 39.5 Å². The first-order valence-electron chi connectivity index (χ1n) is 7.02. The largest absolute Gasteiger partial charge is 0.481 e. The van der Waals surface area contributed by atoms with Crippen LogP contribution in [0.25, 0.3) is 0 Å². The maximum absolute atomic E-state index is 12.4. The van der Waals surface area contributed by atoms with Gasteiger partial charge in [0.1, 0.15) is 0 Å². The lowest BCUT2D eigenvalue weighted by atomic mass is 10.1. The van der Waals surface area contributed by atoms with Crippen LogP contribution in [0.2, 0.25) is 0 Å². The fraction of sp³-hybridized carbons (Fsp3) is 0.267. The molecule has 0 aliphatic rings. The molecule has 9 nitrogen and oxygen atoms in total.